The van der Waals surface area contributed by atoms with Crippen LogP contribution in [0.4, 0.5) is 8.78 Å². The van der Waals surface area contributed by atoms with Gasteiger partial charge in [-0.05, 0) is 48.9 Å². The molecule has 0 aromatic rings. The Balaban J connectivity index is 1.42. The average Bonchev–Trinajstić information content (AvgIpc) is 3.08. The molecule has 6 atom stereocenters. The predicted octanol–water partition coefficient (Wildman–Crippen LogP) is 1.89. The highest BCUT2D eigenvalue weighted by Crippen LogP contribution is 2.65. The second-order valence-electron chi connectivity index (χ2n) is 10.7. The highest BCUT2D eigenvalue weighted by molar-refractivity contribution is 5.91. The molecule has 178 valence electrons. The van der Waals surface area contributed by atoms with Crippen LogP contribution in [0, 0.1) is 29.1 Å². The summed E-state index contributed by atoms with van der Waals surface area (Å²) in [6.07, 6.45) is 2.12. The SMILES string of the molecule is CC1(C)[C@@H]2[C@@H](C(=O)N[C@H](C=O)C[C@@H]3CCNC3=O)N(C(=O)CC3CCCC(F)(F)C3)C[C@@H]21. The van der Waals surface area contributed by atoms with Crippen LogP contribution < -0.4 is 10.6 Å². The summed E-state index contributed by atoms with van der Waals surface area (Å²) in [5, 5.41) is 5.48. The van der Waals surface area contributed by atoms with Crippen molar-refractivity contribution in [3.05, 3.63) is 0 Å². The molecule has 0 spiro atoms. The van der Waals surface area contributed by atoms with Crippen molar-refractivity contribution >= 4 is 24.0 Å². The van der Waals surface area contributed by atoms with Crippen LogP contribution in [0.2, 0.25) is 0 Å². The lowest BCUT2D eigenvalue weighted by Crippen LogP contribution is -2.53. The minimum Gasteiger partial charge on any atom is -0.356 e. The smallest absolute Gasteiger partial charge is 0.248 e. The number of hydrogen-bond acceptors (Lipinski definition) is 4. The summed E-state index contributed by atoms with van der Waals surface area (Å²) in [5.41, 5.74) is -0.0847. The number of hydrogen-bond donors (Lipinski definition) is 2. The zero-order chi connectivity index (χ0) is 23.3. The van der Waals surface area contributed by atoms with E-state index in [4.69, 9.17) is 0 Å². The number of likely N-dealkylation sites (tertiary alicyclic amines) is 1. The largest absolute Gasteiger partial charge is 0.356 e. The highest BCUT2D eigenvalue weighted by Gasteiger charge is 2.69. The van der Waals surface area contributed by atoms with Crippen molar-refractivity contribution in [1.29, 1.82) is 0 Å². The standard InChI is InChI=1S/C23H33F2N3O4/c1-22(2)16-11-28(17(30)8-13-4-3-6-23(24,25)10-13)19(18(16)22)21(32)27-15(12-29)9-14-5-7-26-20(14)31/h12-16,18-19H,3-11H2,1-2H3,(H,26,31)(H,27,32)/t13?,14-,15-,16-,18-,19-/m0/s1. The van der Waals surface area contributed by atoms with E-state index in [-0.39, 0.29) is 72.5 Å². The van der Waals surface area contributed by atoms with Crippen LogP contribution in [0.15, 0.2) is 0 Å². The number of piperidine rings is 1. The van der Waals surface area contributed by atoms with Gasteiger partial charge in [-0.25, -0.2) is 8.78 Å². The van der Waals surface area contributed by atoms with Crippen molar-refractivity contribution in [1.82, 2.24) is 15.5 Å². The van der Waals surface area contributed by atoms with Crippen LogP contribution in [0.1, 0.15) is 58.8 Å². The van der Waals surface area contributed by atoms with Gasteiger partial charge < -0.3 is 20.3 Å². The first kappa shape index (κ1) is 23.1. The molecule has 7 nitrogen and oxygen atoms in total. The maximum Gasteiger partial charge on any atom is 0.248 e. The number of amides is 3. The molecule has 0 bridgehead atoms. The molecule has 3 amide bonds. The fourth-order valence-corrected chi connectivity index (χ4v) is 6.25. The van der Waals surface area contributed by atoms with Gasteiger partial charge in [0.25, 0.3) is 0 Å². The van der Waals surface area contributed by atoms with Crippen molar-refractivity contribution in [2.75, 3.05) is 13.1 Å². The van der Waals surface area contributed by atoms with Crippen molar-refractivity contribution in [2.45, 2.75) is 76.8 Å². The number of carbonyl (C=O) groups is 4. The number of carbonyl (C=O) groups excluding carboxylic acids is 4. The fraction of sp³-hybridized carbons (Fsp3) is 0.826. The molecular formula is C23H33F2N3O4. The van der Waals surface area contributed by atoms with Gasteiger partial charge in [0.2, 0.25) is 23.6 Å². The topological polar surface area (TPSA) is 95.6 Å². The first-order valence-corrected chi connectivity index (χ1v) is 11.7. The van der Waals surface area contributed by atoms with Crippen LogP contribution in [0.3, 0.4) is 0 Å². The van der Waals surface area contributed by atoms with E-state index < -0.39 is 18.0 Å². The van der Waals surface area contributed by atoms with E-state index in [1.54, 1.807) is 4.90 Å². The predicted molar refractivity (Wildman–Crippen MR) is 112 cm³/mol. The number of fused-ring (bicyclic) bond motifs is 1. The van der Waals surface area contributed by atoms with E-state index in [1.165, 1.54) is 0 Å². The molecule has 2 saturated carbocycles. The van der Waals surface area contributed by atoms with E-state index in [0.717, 1.165) is 0 Å². The molecule has 0 aromatic carbocycles. The van der Waals surface area contributed by atoms with Gasteiger partial charge in [0, 0.05) is 38.3 Å². The van der Waals surface area contributed by atoms with Gasteiger partial charge in [0.05, 0.1) is 6.04 Å². The molecule has 4 rings (SSSR count). The number of alkyl halides is 2. The minimum atomic E-state index is -2.72. The second kappa shape index (κ2) is 8.37. The maximum absolute atomic E-state index is 13.8. The summed E-state index contributed by atoms with van der Waals surface area (Å²) in [5.74, 6) is -4.00. The molecule has 32 heavy (non-hydrogen) atoms. The van der Waals surface area contributed by atoms with Crippen molar-refractivity contribution in [3.63, 3.8) is 0 Å². The van der Waals surface area contributed by atoms with E-state index in [1.807, 2.05) is 0 Å². The lowest BCUT2D eigenvalue weighted by atomic mass is 9.84. The molecule has 2 N–H and O–H groups in total. The molecule has 2 saturated heterocycles. The molecule has 0 radical (unpaired) electrons. The van der Waals surface area contributed by atoms with Gasteiger partial charge in [0.15, 0.2) is 0 Å². The minimum absolute atomic E-state index is 0.0127. The summed E-state index contributed by atoms with van der Waals surface area (Å²) in [6.45, 7) is 5.12. The van der Waals surface area contributed by atoms with E-state index in [2.05, 4.69) is 24.5 Å². The van der Waals surface area contributed by atoms with Gasteiger partial charge in [-0.3, -0.25) is 14.4 Å². The molecule has 9 heteroatoms. The Hall–Kier alpha value is -2.06. The van der Waals surface area contributed by atoms with E-state index >= 15 is 0 Å². The average molecular weight is 454 g/mol. The zero-order valence-electron chi connectivity index (χ0n) is 18.7. The number of aldehydes is 1. The summed E-state index contributed by atoms with van der Waals surface area (Å²) < 4.78 is 27.6. The molecular weight excluding hydrogens is 420 g/mol. The molecule has 2 aliphatic carbocycles. The highest BCUT2D eigenvalue weighted by atomic mass is 19.3. The molecule has 2 aliphatic heterocycles. The van der Waals surface area contributed by atoms with E-state index in [0.29, 0.717) is 38.6 Å². The van der Waals surface area contributed by atoms with Gasteiger partial charge in [-0.1, -0.05) is 13.8 Å². The normalized spacial score (nSPS) is 35.6. The van der Waals surface area contributed by atoms with Crippen LogP contribution in [0.25, 0.3) is 0 Å². The lowest BCUT2D eigenvalue weighted by Gasteiger charge is -2.33. The lowest BCUT2D eigenvalue weighted by molar-refractivity contribution is -0.142. The van der Waals surface area contributed by atoms with Gasteiger partial charge >= 0.3 is 0 Å². The van der Waals surface area contributed by atoms with Crippen LogP contribution in [-0.2, 0) is 19.2 Å². The molecule has 0 aromatic heterocycles. The second-order valence-corrected chi connectivity index (χ2v) is 10.7. The molecule has 4 aliphatic rings. The van der Waals surface area contributed by atoms with Gasteiger partial charge in [0.1, 0.15) is 12.3 Å². The number of nitrogens with zero attached hydrogens (tertiary/aromatic N) is 1. The van der Waals surface area contributed by atoms with Crippen molar-refractivity contribution in [3.8, 4) is 0 Å². The first-order chi connectivity index (χ1) is 15.0. The fourth-order valence-electron chi connectivity index (χ4n) is 6.25. The van der Waals surface area contributed by atoms with Crippen molar-refractivity contribution < 1.29 is 28.0 Å². The summed E-state index contributed by atoms with van der Waals surface area (Å²) >= 11 is 0. The molecule has 2 heterocycles. The first-order valence-electron chi connectivity index (χ1n) is 11.7. The van der Waals surface area contributed by atoms with Crippen LogP contribution in [0.5, 0.6) is 0 Å². The Labute approximate surface area is 187 Å². The third kappa shape index (κ3) is 4.39. The third-order valence-corrected chi connectivity index (χ3v) is 8.20. The Morgan fingerprint density at radius 1 is 1.31 bits per heavy atom. The van der Waals surface area contributed by atoms with Crippen LogP contribution in [-0.4, -0.2) is 60.0 Å². The monoisotopic (exact) mass is 453 g/mol. The molecule has 1 unspecified atom stereocenters. The summed E-state index contributed by atoms with van der Waals surface area (Å²) in [7, 11) is 0. The van der Waals surface area contributed by atoms with E-state index in [9.17, 15) is 28.0 Å². The third-order valence-electron chi connectivity index (χ3n) is 8.20. The van der Waals surface area contributed by atoms with Crippen molar-refractivity contribution in [2.24, 2.45) is 29.1 Å². The number of rotatable bonds is 7. The summed E-state index contributed by atoms with van der Waals surface area (Å²) in [6, 6.07) is -1.50. The van der Waals surface area contributed by atoms with Gasteiger partial charge in [-0.15, -0.1) is 0 Å². The Bertz CT molecular complexity index is 802. The quantitative estimate of drug-likeness (QED) is 0.576. The Morgan fingerprint density at radius 3 is 2.69 bits per heavy atom. The Kier molecular flexibility index (Phi) is 6.05. The molecule has 4 fully saturated rings. The van der Waals surface area contributed by atoms with Gasteiger partial charge in [-0.2, -0.15) is 0 Å². The number of halogens is 2. The van der Waals surface area contributed by atoms with Crippen LogP contribution >= 0.6 is 0 Å². The summed E-state index contributed by atoms with van der Waals surface area (Å²) in [4.78, 5) is 51.3. The number of nitrogens with one attached hydrogen (secondary N) is 2. The maximum atomic E-state index is 13.8. The zero-order valence-corrected chi connectivity index (χ0v) is 18.7. The Morgan fingerprint density at radius 2 is 2.06 bits per heavy atom.